The van der Waals surface area contributed by atoms with Crippen LogP contribution in [0, 0.1) is 0 Å². The second kappa shape index (κ2) is 7.80. The molecule has 6 heteroatoms. The number of benzene rings is 2. The van der Waals surface area contributed by atoms with Crippen molar-refractivity contribution in [3.63, 3.8) is 0 Å². The number of hydrogen-bond donors (Lipinski definition) is 2. The van der Waals surface area contributed by atoms with E-state index in [1.807, 2.05) is 12.1 Å². The average molecular weight is 366 g/mol. The van der Waals surface area contributed by atoms with E-state index in [2.05, 4.69) is 15.6 Å². The van der Waals surface area contributed by atoms with E-state index < -0.39 is 0 Å². The van der Waals surface area contributed by atoms with E-state index in [1.54, 1.807) is 54.7 Å². The van der Waals surface area contributed by atoms with Crippen LogP contribution in [-0.2, 0) is 0 Å². The number of pyridine rings is 1. The molecule has 0 bridgehead atoms. The molecular formula is C20H16ClN3O2. The Labute approximate surface area is 156 Å². The van der Waals surface area contributed by atoms with Crippen LogP contribution in [0.15, 0.2) is 66.9 Å². The number of Topliss-reactive ketones (excluding diaryl/α,β-unsaturated/α-hetero) is 1. The molecular weight excluding hydrogens is 350 g/mol. The topological polar surface area (TPSA) is 71.1 Å². The van der Waals surface area contributed by atoms with Crippen molar-refractivity contribution in [1.29, 1.82) is 0 Å². The Morgan fingerprint density at radius 1 is 0.923 bits per heavy atom. The van der Waals surface area contributed by atoms with Gasteiger partial charge in [0.15, 0.2) is 5.78 Å². The van der Waals surface area contributed by atoms with Gasteiger partial charge >= 0.3 is 0 Å². The number of carbonyl (C=O) groups is 2. The smallest absolute Gasteiger partial charge is 0.255 e. The van der Waals surface area contributed by atoms with Gasteiger partial charge in [-0.15, -0.1) is 0 Å². The highest BCUT2D eigenvalue weighted by Crippen LogP contribution is 2.20. The first kappa shape index (κ1) is 17.6. The Morgan fingerprint density at radius 2 is 1.69 bits per heavy atom. The van der Waals surface area contributed by atoms with Gasteiger partial charge in [0.05, 0.1) is 0 Å². The van der Waals surface area contributed by atoms with Crippen molar-refractivity contribution in [2.45, 2.75) is 6.92 Å². The lowest BCUT2D eigenvalue weighted by Crippen LogP contribution is -2.12. The molecule has 0 unspecified atom stereocenters. The fourth-order valence-electron chi connectivity index (χ4n) is 2.37. The Kier molecular flexibility index (Phi) is 5.29. The molecule has 26 heavy (non-hydrogen) atoms. The van der Waals surface area contributed by atoms with Gasteiger partial charge in [-0.3, -0.25) is 9.59 Å². The monoisotopic (exact) mass is 365 g/mol. The minimum atomic E-state index is -0.290. The van der Waals surface area contributed by atoms with E-state index >= 15 is 0 Å². The van der Waals surface area contributed by atoms with Crippen LogP contribution in [0.1, 0.15) is 27.6 Å². The number of amides is 1. The van der Waals surface area contributed by atoms with Gasteiger partial charge in [0.1, 0.15) is 5.82 Å². The normalized spacial score (nSPS) is 10.2. The fourth-order valence-corrected chi connectivity index (χ4v) is 2.56. The maximum Gasteiger partial charge on any atom is 0.255 e. The number of halogens is 1. The van der Waals surface area contributed by atoms with Gasteiger partial charge in [0, 0.05) is 33.7 Å². The van der Waals surface area contributed by atoms with Crippen LogP contribution in [-0.4, -0.2) is 16.7 Å². The molecule has 1 heterocycles. The zero-order chi connectivity index (χ0) is 18.5. The molecule has 5 nitrogen and oxygen atoms in total. The predicted octanol–water partition coefficient (Wildman–Crippen LogP) is 4.93. The van der Waals surface area contributed by atoms with Crippen LogP contribution in [0.2, 0.25) is 5.02 Å². The Hall–Kier alpha value is -3.18. The van der Waals surface area contributed by atoms with E-state index in [4.69, 9.17) is 11.6 Å². The van der Waals surface area contributed by atoms with Gasteiger partial charge in [-0.2, -0.15) is 0 Å². The van der Waals surface area contributed by atoms with Gasteiger partial charge in [0.2, 0.25) is 0 Å². The van der Waals surface area contributed by atoms with Crippen LogP contribution in [0.4, 0.5) is 17.2 Å². The standard InChI is InChI=1S/C20H16ClN3O2/c1-13(25)14-4-2-6-17(10-14)24-20(26)15-8-9-22-19(11-15)23-18-7-3-5-16(21)12-18/h2-12H,1H3,(H,22,23)(H,24,26). The predicted molar refractivity (Wildman–Crippen MR) is 103 cm³/mol. The third-order valence-electron chi connectivity index (χ3n) is 3.65. The van der Waals surface area contributed by atoms with Gasteiger partial charge in [-0.1, -0.05) is 29.8 Å². The number of rotatable bonds is 5. The highest BCUT2D eigenvalue weighted by atomic mass is 35.5. The molecule has 0 spiro atoms. The zero-order valence-electron chi connectivity index (χ0n) is 14.0. The summed E-state index contributed by atoms with van der Waals surface area (Å²) in [5.41, 5.74) is 2.32. The molecule has 130 valence electrons. The number of carbonyl (C=O) groups excluding carboxylic acids is 2. The summed E-state index contributed by atoms with van der Waals surface area (Å²) >= 11 is 5.97. The lowest BCUT2D eigenvalue weighted by molar-refractivity contribution is 0.101. The van der Waals surface area contributed by atoms with Crippen LogP contribution >= 0.6 is 11.6 Å². The molecule has 2 N–H and O–H groups in total. The Morgan fingerprint density at radius 3 is 2.46 bits per heavy atom. The number of aromatic nitrogens is 1. The second-order valence-electron chi connectivity index (χ2n) is 5.66. The Balaban J connectivity index is 1.76. The molecule has 0 radical (unpaired) electrons. The van der Waals surface area contributed by atoms with Gasteiger partial charge in [-0.25, -0.2) is 4.98 Å². The molecule has 3 aromatic rings. The first-order chi connectivity index (χ1) is 12.5. The number of nitrogens with one attached hydrogen (secondary N) is 2. The summed E-state index contributed by atoms with van der Waals surface area (Å²) in [4.78, 5) is 28.2. The minimum absolute atomic E-state index is 0.0574. The first-order valence-electron chi connectivity index (χ1n) is 7.92. The maximum absolute atomic E-state index is 12.5. The summed E-state index contributed by atoms with van der Waals surface area (Å²) in [5.74, 6) is 0.178. The van der Waals surface area contributed by atoms with Crippen LogP contribution in [0.25, 0.3) is 0 Å². The molecule has 0 atom stereocenters. The van der Waals surface area contributed by atoms with E-state index in [1.165, 1.54) is 6.92 Å². The lowest BCUT2D eigenvalue weighted by Gasteiger charge is -2.09. The van der Waals surface area contributed by atoms with E-state index in [0.29, 0.717) is 27.7 Å². The molecule has 0 aliphatic heterocycles. The molecule has 0 aliphatic carbocycles. The maximum atomic E-state index is 12.5. The van der Waals surface area contributed by atoms with Crippen LogP contribution < -0.4 is 10.6 Å². The van der Waals surface area contributed by atoms with Crippen molar-refractivity contribution < 1.29 is 9.59 Å². The molecule has 0 saturated carbocycles. The van der Waals surface area contributed by atoms with Gasteiger partial charge in [0.25, 0.3) is 5.91 Å². The van der Waals surface area contributed by atoms with Crippen molar-refractivity contribution in [2.24, 2.45) is 0 Å². The minimum Gasteiger partial charge on any atom is -0.340 e. The SMILES string of the molecule is CC(=O)c1cccc(NC(=O)c2ccnc(Nc3cccc(Cl)c3)c2)c1. The summed E-state index contributed by atoms with van der Waals surface area (Å²) < 4.78 is 0. The quantitative estimate of drug-likeness (QED) is 0.628. The summed E-state index contributed by atoms with van der Waals surface area (Å²) in [6.45, 7) is 1.48. The van der Waals surface area contributed by atoms with E-state index in [-0.39, 0.29) is 11.7 Å². The highest BCUT2D eigenvalue weighted by molar-refractivity contribution is 6.30. The van der Waals surface area contributed by atoms with Crippen molar-refractivity contribution in [3.8, 4) is 0 Å². The third-order valence-corrected chi connectivity index (χ3v) is 3.88. The van der Waals surface area contributed by atoms with E-state index in [0.717, 1.165) is 5.69 Å². The summed E-state index contributed by atoms with van der Waals surface area (Å²) in [5, 5.41) is 6.50. The van der Waals surface area contributed by atoms with Crippen LogP contribution in [0.3, 0.4) is 0 Å². The number of anilines is 3. The summed E-state index contributed by atoms with van der Waals surface area (Å²) in [7, 11) is 0. The number of ketones is 1. The largest absolute Gasteiger partial charge is 0.340 e. The number of nitrogens with zero attached hydrogens (tertiary/aromatic N) is 1. The van der Waals surface area contributed by atoms with Gasteiger partial charge in [-0.05, 0) is 49.4 Å². The second-order valence-corrected chi connectivity index (χ2v) is 6.09. The molecule has 0 fully saturated rings. The summed E-state index contributed by atoms with van der Waals surface area (Å²) in [6, 6.07) is 17.3. The van der Waals surface area contributed by atoms with E-state index in [9.17, 15) is 9.59 Å². The van der Waals surface area contributed by atoms with Crippen LogP contribution in [0.5, 0.6) is 0 Å². The molecule has 0 aliphatic rings. The average Bonchev–Trinajstić information content (AvgIpc) is 2.62. The molecule has 1 amide bonds. The zero-order valence-corrected chi connectivity index (χ0v) is 14.7. The number of hydrogen-bond acceptors (Lipinski definition) is 4. The molecule has 0 saturated heterocycles. The van der Waals surface area contributed by atoms with Crippen molar-refractivity contribution >= 4 is 40.5 Å². The summed E-state index contributed by atoms with van der Waals surface area (Å²) in [6.07, 6.45) is 1.55. The Bertz CT molecular complexity index is 973. The lowest BCUT2D eigenvalue weighted by atomic mass is 10.1. The molecule has 3 rings (SSSR count). The van der Waals surface area contributed by atoms with Crippen molar-refractivity contribution in [3.05, 3.63) is 83.0 Å². The third kappa shape index (κ3) is 4.46. The fraction of sp³-hybridized carbons (Fsp3) is 0.0500. The highest BCUT2D eigenvalue weighted by Gasteiger charge is 2.09. The van der Waals surface area contributed by atoms with Crippen molar-refractivity contribution in [1.82, 2.24) is 4.98 Å². The van der Waals surface area contributed by atoms with Crippen molar-refractivity contribution in [2.75, 3.05) is 10.6 Å². The molecule has 2 aromatic carbocycles. The van der Waals surface area contributed by atoms with Gasteiger partial charge < -0.3 is 10.6 Å². The first-order valence-corrected chi connectivity index (χ1v) is 8.30. The molecule has 1 aromatic heterocycles.